The van der Waals surface area contributed by atoms with E-state index in [-0.39, 0.29) is 28.5 Å². The quantitative estimate of drug-likeness (QED) is 0.365. The maximum Gasteiger partial charge on any atom is 0.417 e. The maximum atomic E-state index is 13.4. The Hall–Kier alpha value is -3.89. The molecule has 3 aromatic heterocycles. The normalized spacial score (nSPS) is 12.2. The third-order valence-electron chi connectivity index (χ3n) is 4.54. The van der Waals surface area contributed by atoms with Crippen LogP contribution < -0.4 is 5.32 Å². The number of benzene rings is 1. The van der Waals surface area contributed by atoms with E-state index >= 15 is 0 Å². The summed E-state index contributed by atoms with van der Waals surface area (Å²) in [6, 6.07) is 9.02. The van der Waals surface area contributed by atoms with Crippen molar-refractivity contribution in [1.82, 2.24) is 15.0 Å². The zero-order chi connectivity index (χ0) is 23.1. The highest BCUT2D eigenvalue weighted by atomic mass is 19.4. The van der Waals surface area contributed by atoms with Crippen LogP contribution in [-0.2, 0) is 12.4 Å². The van der Waals surface area contributed by atoms with E-state index in [0.29, 0.717) is 17.3 Å². The Balaban J connectivity index is 1.72. The average molecular weight is 450 g/mol. The second-order valence-corrected chi connectivity index (χ2v) is 6.71. The predicted octanol–water partition coefficient (Wildman–Crippen LogP) is 6.18. The van der Waals surface area contributed by atoms with Gasteiger partial charge in [-0.15, -0.1) is 0 Å². The second-order valence-electron chi connectivity index (χ2n) is 6.71. The van der Waals surface area contributed by atoms with Crippen LogP contribution in [0, 0.1) is 0 Å². The van der Waals surface area contributed by atoms with Gasteiger partial charge in [0.05, 0.1) is 22.5 Å². The highest BCUT2D eigenvalue weighted by Crippen LogP contribution is 2.39. The van der Waals surface area contributed by atoms with Crippen molar-refractivity contribution in [2.45, 2.75) is 12.4 Å². The van der Waals surface area contributed by atoms with Crippen molar-refractivity contribution >= 4 is 22.5 Å². The molecule has 0 atom stereocenters. The molecule has 0 aliphatic heterocycles. The lowest BCUT2D eigenvalue weighted by atomic mass is 10.0. The fourth-order valence-corrected chi connectivity index (χ4v) is 3.05. The third kappa shape index (κ3) is 4.27. The maximum absolute atomic E-state index is 13.4. The highest BCUT2D eigenvalue weighted by Gasteiger charge is 2.34. The van der Waals surface area contributed by atoms with Crippen LogP contribution in [0.4, 0.5) is 37.8 Å². The summed E-state index contributed by atoms with van der Waals surface area (Å²) in [6.45, 7) is 0. The second kappa shape index (κ2) is 7.66. The summed E-state index contributed by atoms with van der Waals surface area (Å²) in [5.41, 5.74) is -1.75. The van der Waals surface area contributed by atoms with Crippen molar-refractivity contribution in [2.75, 3.05) is 5.32 Å². The van der Waals surface area contributed by atoms with E-state index in [9.17, 15) is 31.4 Å². The monoisotopic (exact) mass is 450 g/mol. The van der Waals surface area contributed by atoms with Gasteiger partial charge in [0.15, 0.2) is 5.65 Å². The smallest absolute Gasteiger partial charge is 0.417 e. The fourth-order valence-electron chi connectivity index (χ4n) is 3.05. The summed E-state index contributed by atoms with van der Waals surface area (Å²) < 4.78 is 78.2. The molecule has 0 amide bonds. The molecule has 0 fully saturated rings. The van der Waals surface area contributed by atoms with E-state index in [4.69, 9.17) is 0 Å². The van der Waals surface area contributed by atoms with Crippen molar-refractivity contribution in [2.24, 2.45) is 0 Å². The number of aromatic hydroxyl groups is 1. The molecular weight excluding hydrogens is 438 g/mol. The van der Waals surface area contributed by atoms with Crippen molar-refractivity contribution < 1.29 is 31.4 Å². The summed E-state index contributed by atoms with van der Waals surface area (Å²) in [6.07, 6.45) is -7.15. The van der Waals surface area contributed by atoms with Gasteiger partial charge in [-0.3, -0.25) is 0 Å². The molecular formula is C21H12F6N4O. The van der Waals surface area contributed by atoms with Gasteiger partial charge in [0, 0.05) is 23.3 Å². The Labute approximate surface area is 176 Å². The molecule has 0 saturated carbocycles. The summed E-state index contributed by atoms with van der Waals surface area (Å²) >= 11 is 0. The number of phenols is 1. The molecule has 0 aliphatic rings. The first-order valence-electron chi connectivity index (χ1n) is 8.99. The van der Waals surface area contributed by atoms with E-state index in [1.165, 1.54) is 24.4 Å². The topological polar surface area (TPSA) is 70.9 Å². The van der Waals surface area contributed by atoms with Crippen molar-refractivity contribution in [3.63, 3.8) is 0 Å². The van der Waals surface area contributed by atoms with Gasteiger partial charge >= 0.3 is 12.4 Å². The van der Waals surface area contributed by atoms with Crippen molar-refractivity contribution in [3.05, 3.63) is 72.1 Å². The molecule has 3 heterocycles. The van der Waals surface area contributed by atoms with Crippen LogP contribution in [0.15, 0.2) is 60.9 Å². The number of rotatable bonds is 3. The highest BCUT2D eigenvalue weighted by molar-refractivity contribution is 5.91. The number of hydrogen-bond acceptors (Lipinski definition) is 5. The van der Waals surface area contributed by atoms with Crippen molar-refractivity contribution in [1.29, 1.82) is 0 Å². The number of phenolic OH excluding ortho intramolecular Hbond substituents is 1. The number of fused-ring (bicyclic) bond motifs is 1. The van der Waals surface area contributed by atoms with Gasteiger partial charge in [-0.2, -0.15) is 26.3 Å². The van der Waals surface area contributed by atoms with Crippen LogP contribution in [0.1, 0.15) is 11.1 Å². The van der Waals surface area contributed by atoms with E-state index in [0.717, 1.165) is 30.3 Å². The summed E-state index contributed by atoms with van der Waals surface area (Å²) in [5.74, 6) is -0.228. The van der Waals surface area contributed by atoms with Gasteiger partial charge in [-0.1, -0.05) is 0 Å². The van der Waals surface area contributed by atoms with Crippen LogP contribution >= 0.6 is 0 Å². The van der Waals surface area contributed by atoms with E-state index in [1.54, 1.807) is 0 Å². The van der Waals surface area contributed by atoms with Crippen LogP contribution in [0.3, 0.4) is 0 Å². The number of hydrogen-bond donors (Lipinski definition) is 2. The van der Waals surface area contributed by atoms with Crippen LogP contribution in [0.5, 0.6) is 5.75 Å². The standard InChI is InChI=1S/C21H12F6N4O/c22-20(23,24)11-1-6-18(29-10-11)30-17-7-8-28-19-13(17)3-5-16(31-19)14-9-12(32)2-4-15(14)21(25,26)27/h1-10,32H,(H,28,29,30,31). The number of pyridine rings is 3. The van der Waals surface area contributed by atoms with Crippen LogP contribution in [0.25, 0.3) is 22.3 Å². The number of nitrogens with one attached hydrogen (secondary N) is 1. The lowest BCUT2D eigenvalue weighted by molar-refractivity contribution is -0.138. The molecule has 32 heavy (non-hydrogen) atoms. The minimum absolute atomic E-state index is 0.0574. The molecule has 0 radical (unpaired) electrons. The first-order chi connectivity index (χ1) is 15.0. The van der Waals surface area contributed by atoms with Gasteiger partial charge in [0.1, 0.15) is 11.6 Å². The number of anilines is 2. The minimum atomic E-state index is -4.66. The molecule has 11 heteroatoms. The molecule has 4 rings (SSSR count). The average Bonchev–Trinajstić information content (AvgIpc) is 2.72. The largest absolute Gasteiger partial charge is 0.508 e. The molecule has 164 valence electrons. The zero-order valence-electron chi connectivity index (χ0n) is 15.8. The SMILES string of the molecule is Oc1ccc(C(F)(F)F)c(-c2ccc3c(Nc4ccc(C(F)(F)F)cn4)ccnc3n2)c1. The van der Waals surface area contributed by atoms with E-state index < -0.39 is 23.5 Å². The van der Waals surface area contributed by atoms with Crippen LogP contribution in [-0.4, -0.2) is 20.1 Å². The molecule has 2 N–H and O–H groups in total. The molecule has 0 unspecified atom stereocenters. The molecule has 0 saturated heterocycles. The van der Waals surface area contributed by atoms with E-state index in [1.807, 2.05) is 0 Å². The van der Waals surface area contributed by atoms with Crippen LogP contribution in [0.2, 0.25) is 0 Å². The van der Waals surface area contributed by atoms with Crippen molar-refractivity contribution in [3.8, 4) is 17.0 Å². The summed E-state index contributed by atoms with van der Waals surface area (Å²) in [4.78, 5) is 12.0. The molecule has 0 bridgehead atoms. The number of nitrogens with zero attached hydrogens (tertiary/aromatic N) is 3. The van der Waals surface area contributed by atoms with Gasteiger partial charge in [-0.05, 0) is 48.5 Å². The molecule has 4 aromatic rings. The summed E-state index contributed by atoms with van der Waals surface area (Å²) in [5, 5.41) is 12.9. The number of alkyl halides is 6. The fraction of sp³-hybridized carbons (Fsp3) is 0.0952. The van der Waals surface area contributed by atoms with Gasteiger partial charge in [-0.25, -0.2) is 15.0 Å². The Kier molecular flexibility index (Phi) is 5.11. The Morgan fingerprint density at radius 3 is 2.25 bits per heavy atom. The van der Waals surface area contributed by atoms with E-state index in [2.05, 4.69) is 20.3 Å². The lowest BCUT2D eigenvalue weighted by Gasteiger charge is -2.14. The van der Waals surface area contributed by atoms with Gasteiger partial charge in [0.2, 0.25) is 0 Å². The number of halogens is 6. The number of aromatic nitrogens is 3. The predicted molar refractivity (Wildman–Crippen MR) is 104 cm³/mol. The Morgan fingerprint density at radius 1 is 0.812 bits per heavy atom. The van der Waals surface area contributed by atoms with Gasteiger partial charge < -0.3 is 10.4 Å². The Bertz CT molecular complexity index is 1290. The summed E-state index contributed by atoms with van der Waals surface area (Å²) in [7, 11) is 0. The molecule has 5 nitrogen and oxygen atoms in total. The lowest BCUT2D eigenvalue weighted by Crippen LogP contribution is -2.07. The first kappa shape index (κ1) is 21.3. The Morgan fingerprint density at radius 2 is 1.59 bits per heavy atom. The zero-order valence-corrected chi connectivity index (χ0v) is 15.8. The van der Waals surface area contributed by atoms with Gasteiger partial charge in [0.25, 0.3) is 0 Å². The third-order valence-corrected chi connectivity index (χ3v) is 4.54. The first-order valence-corrected chi connectivity index (χ1v) is 8.99. The molecule has 1 aromatic carbocycles. The molecule has 0 spiro atoms. The minimum Gasteiger partial charge on any atom is -0.508 e. The molecule has 0 aliphatic carbocycles.